The summed E-state index contributed by atoms with van der Waals surface area (Å²) in [6, 6.07) is 16.0. The average molecular weight is 478 g/mol. The molecule has 8 heteroatoms. The normalized spacial score (nSPS) is 14.6. The number of halogens is 1. The summed E-state index contributed by atoms with van der Waals surface area (Å²) in [6.07, 6.45) is 1.91. The number of amides is 2. The van der Waals surface area contributed by atoms with E-state index in [2.05, 4.69) is 20.6 Å². The van der Waals surface area contributed by atoms with Gasteiger partial charge in [0.25, 0.3) is 0 Å². The van der Waals surface area contributed by atoms with Crippen molar-refractivity contribution in [2.24, 2.45) is 5.92 Å². The zero-order valence-corrected chi connectivity index (χ0v) is 20.3. The molecule has 1 aliphatic rings. The van der Waals surface area contributed by atoms with Crippen molar-refractivity contribution in [2.75, 3.05) is 25.0 Å². The molecular weight excluding hydrogens is 445 g/mol. The zero-order chi connectivity index (χ0) is 24.8. The minimum Gasteiger partial charge on any atom is -0.352 e. The number of nitrogens with zero attached hydrogens (tertiary/aromatic N) is 3. The SMILES string of the molecule is Cc1nn(-c2ccccc2)c(C)c1NC(=O)CCN1CCC(C(=O)NCc2ccc(F)cc2)CC1. The molecule has 2 amide bonds. The fourth-order valence-corrected chi connectivity index (χ4v) is 4.46. The molecule has 0 saturated carbocycles. The first kappa shape index (κ1) is 24.6. The molecule has 0 spiro atoms. The third-order valence-electron chi connectivity index (χ3n) is 6.55. The predicted molar refractivity (Wildman–Crippen MR) is 134 cm³/mol. The van der Waals surface area contributed by atoms with Crippen LogP contribution in [0.2, 0.25) is 0 Å². The van der Waals surface area contributed by atoms with E-state index in [4.69, 9.17) is 0 Å². The molecule has 0 unspecified atom stereocenters. The van der Waals surface area contributed by atoms with Crippen LogP contribution in [0.5, 0.6) is 0 Å². The molecule has 4 rings (SSSR count). The number of rotatable bonds is 8. The number of likely N-dealkylation sites (tertiary alicyclic amines) is 1. The van der Waals surface area contributed by atoms with Gasteiger partial charge in [-0.1, -0.05) is 30.3 Å². The highest BCUT2D eigenvalue weighted by atomic mass is 19.1. The van der Waals surface area contributed by atoms with Gasteiger partial charge in [0, 0.05) is 25.4 Å². The largest absolute Gasteiger partial charge is 0.352 e. The summed E-state index contributed by atoms with van der Waals surface area (Å²) in [4.78, 5) is 27.4. The lowest BCUT2D eigenvalue weighted by atomic mass is 9.95. The highest BCUT2D eigenvalue weighted by Gasteiger charge is 2.25. The van der Waals surface area contributed by atoms with Crippen molar-refractivity contribution in [3.8, 4) is 5.69 Å². The van der Waals surface area contributed by atoms with Gasteiger partial charge in [0.15, 0.2) is 0 Å². The lowest BCUT2D eigenvalue weighted by Crippen LogP contribution is -2.41. The van der Waals surface area contributed by atoms with Crippen LogP contribution in [0.15, 0.2) is 54.6 Å². The lowest BCUT2D eigenvalue weighted by molar-refractivity contribution is -0.126. The Morgan fingerprint density at radius 3 is 2.40 bits per heavy atom. The van der Waals surface area contributed by atoms with E-state index in [1.54, 1.807) is 12.1 Å². The molecule has 1 fully saturated rings. The minimum atomic E-state index is -0.284. The predicted octanol–water partition coefficient (Wildman–Crippen LogP) is 3.99. The van der Waals surface area contributed by atoms with Crippen molar-refractivity contribution >= 4 is 17.5 Å². The van der Waals surface area contributed by atoms with Crippen LogP contribution in [-0.2, 0) is 16.1 Å². The summed E-state index contributed by atoms with van der Waals surface area (Å²) in [5.41, 5.74) is 4.28. The van der Waals surface area contributed by atoms with Gasteiger partial charge in [0.05, 0.1) is 22.8 Å². The number of nitrogens with one attached hydrogen (secondary N) is 2. The first-order chi connectivity index (χ1) is 16.9. The van der Waals surface area contributed by atoms with Gasteiger partial charge in [-0.2, -0.15) is 5.10 Å². The van der Waals surface area contributed by atoms with E-state index in [-0.39, 0.29) is 23.5 Å². The highest BCUT2D eigenvalue weighted by molar-refractivity contribution is 5.92. The van der Waals surface area contributed by atoms with Gasteiger partial charge in [0.1, 0.15) is 5.82 Å². The summed E-state index contributed by atoms with van der Waals surface area (Å²) < 4.78 is 14.9. The molecule has 3 aromatic rings. The van der Waals surface area contributed by atoms with Crippen LogP contribution in [0.4, 0.5) is 10.1 Å². The molecular formula is C27H32FN5O2. The Hall–Kier alpha value is -3.52. The van der Waals surface area contributed by atoms with Crippen LogP contribution >= 0.6 is 0 Å². The van der Waals surface area contributed by atoms with E-state index in [1.807, 2.05) is 48.9 Å². The molecule has 2 heterocycles. The Balaban J connectivity index is 1.21. The van der Waals surface area contributed by atoms with Crippen molar-refractivity contribution < 1.29 is 14.0 Å². The maximum Gasteiger partial charge on any atom is 0.225 e. The third kappa shape index (κ3) is 6.33. The number of anilines is 1. The van der Waals surface area contributed by atoms with Crippen LogP contribution in [0, 0.1) is 25.6 Å². The minimum absolute atomic E-state index is 0.0327. The van der Waals surface area contributed by atoms with Crippen molar-refractivity contribution in [1.29, 1.82) is 0 Å². The van der Waals surface area contributed by atoms with Crippen LogP contribution in [0.3, 0.4) is 0 Å². The molecule has 35 heavy (non-hydrogen) atoms. The van der Waals surface area contributed by atoms with Crippen LogP contribution < -0.4 is 10.6 Å². The third-order valence-corrected chi connectivity index (χ3v) is 6.55. The number of piperidine rings is 1. The maximum atomic E-state index is 13.0. The van der Waals surface area contributed by atoms with Crippen LogP contribution in [0.25, 0.3) is 5.69 Å². The number of aryl methyl sites for hydroxylation is 1. The van der Waals surface area contributed by atoms with Gasteiger partial charge in [-0.3, -0.25) is 9.59 Å². The number of benzene rings is 2. The van der Waals surface area contributed by atoms with E-state index >= 15 is 0 Å². The Bertz CT molecular complexity index is 1150. The molecule has 2 N–H and O–H groups in total. The zero-order valence-electron chi connectivity index (χ0n) is 20.3. The second-order valence-corrected chi connectivity index (χ2v) is 9.05. The topological polar surface area (TPSA) is 79.3 Å². The molecule has 0 atom stereocenters. The lowest BCUT2D eigenvalue weighted by Gasteiger charge is -2.31. The summed E-state index contributed by atoms with van der Waals surface area (Å²) in [5.74, 6) is -0.320. The molecule has 7 nitrogen and oxygen atoms in total. The average Bonchev–Trinajstić information content (AvgIpc) is 3.16. The number of hydrogen-bond donors (Lipinski definition) is 2. The Morgan fingerprint density at radius 2 is 1.71 bits per heavy atom. The molecule has 1 aromatic heterocycles. The van der Waals surface area contributed by atoms with Crippen LogP contribution in [-0.4, -0.2) is 46.1 Å². The van der Waals surface area contributed by atoms with Gasteiger partial charge in [-0.05, 0) is 69.6 Å². The number of carbonyl (C=O) groups excluding carboxylic acids is 2. The first-order valence-corrected chi connectivity index (χ1v) is 12.1. The highest BCUT2D eigenvalue weighted by Crippen LogP contribution is 2.23. The van der Waals surface area contributed by atoms with Crippen molar-refractivity contribution in [2.45, 2.75) is 39.7 Å². The van der Waals surface area contributed by atoms with E-state index in [0.29, 0.717) is 19.5 Å². The Kier molecular flexibility index (Phi) is 7.92. The number of para-hydroxylation sites is 1. The van der Waals surface area contributed by atoms with Crippen LogP contribution in [0.1, 0.15) is 36.2 Å². The Labute approximate surface area is 205 Å². The number of hydrogen-bond acceptors (Lipinski definition) is 4. The summed E-state index contributed by atoms with van der Waals surface area (Å²) >= 11 is 0. The fraction of sp³-hybridized carbons (Fsp3) is 0.370. The molecule has 0 radical (unpaired) electrons. The monoisotopic (exact) mass is 477 g/mol. The van der Waals surface area contributed by atoms with Gasteiger partial charge in [-0.25, -0.2) is 9.07 Å². The van der Waals surface area contributed by atoms with E-state index in [9.17, 15) is 14.0 Å². The van der Waals surface area contributed by atoms with Gasteiger partial charge in [0.2, 0.25) is 11.8 Å². The second-order valence-electron chi connectivity index (χ2n) is 9.05. The Morgan fingerprint density at radius 1 is 1.03 bits per heavy atom. The molecule has 1 aliphatic heterocycles. The molecule has 0 aliphatic carbocycles. The van der Waals surface area contributed by atoms with Gasteiger partial charge >= 0.3 is 0 Å². The molecule has 2 aromatic carbocycles. The van der Waals surface area contributed by atoms with E-state index in [0.717, 1.165) is 54.3 Å². The summed E-state index contributed by atoms with van der Waals surface area (Å²) in [6.45, 7) is 6.47. The summed E-state index contributed by atoms with van der Waals surface area (Å²) in [5, 5.41) is 10.6. The fourth-order valence-electron chi connectivity index (χ4n) is 4.46. The van der Waals surface area contributed by atoms with Gasteiger partial charge < -0.3 is 15.5 Å². The molecule has 184 valence electrons. The standard InChI is InChI=1S/C27H32FN5O2/c1-19-26(20(2)33(31-19)24-6-4-3-5-7-24)30-25(34)14-17-32-15-12-22(13-16-32)27(35)29-18-21-8-10-23(28)11-9-21/h3-11,22H,12-18H2,1-2H3,(H,29,35)(H,30,34). The summed E-state index contributed by atoms with van der Waals surface area (Å²) in [7, 11) is 0. The van der Waals surface area contributed by atoms with Crippen molar-refractivity contribution in [3.63, 3.8) is 0 Å². The number of carbonyl (C=O) groups is 2. The first-order valence-electron chi connectivity index (χ1n) is 12.1. The molecule has 0 bridgehead atoms. The smallest absolute Gasteiger partial charge is 0.225 e. The van der Waals surface area contributed by atoms with Crippen molar-refractivity contribution in [1.82, 2.24) is 20.0 Å². The van der Waals surface area contributed by atoms with E-state index in [1.165, 1.54) is 12.1 Å². The molecule has 1 saturated heterocycles. The number of aromatic nitrogens is 2. The van der Waals surface area contributed by atoms with Crippen molar-refractivity contribution in [3.05, 3.63) is 77.4 Å². The quantitative estimate of drug-likeness (QED) is 0.514. The van der Waals surface area contributed by atoms with E-state index < -0.39 is 0 Å². The van der Waals surface area contributed by atoms with Gasteiger partial charge in [-0.15, -0.1) is 0 Å². The second kappa shape index (κ2) is 11.3. The maximum absolute atomic E-state index is 13.0.